The Morgan fingerprint density at radius 1 is 1.06 bits per heavy atom. The van der Waals surface area contributed by atoms with Crippen LogP contribution in [0.3, 0.4) is 0 Å². The third kappa shape index (κ3) is 2.94. The van der Waals surface area contributed by atoms with Gasteiger partial charge in [0.05, 0.1) is 14.2 Å². The van der Waals surface area contributed by atoms with Crippen LogP contribution in [0.1, 0.15) is 25.5 Å². The van der Waals surface area contributed by atoms with Crippen molar-refractivity contribution in [3.8, 4) is 11.5 Å². The molecule has 1 aromatic carbocycles. The highest BCUT2D eigenvalue weighted by Gasteiger charge is 2.30. The van der Waals surface area contributed by atoms with Crippen molar-refractivity contribution < 1.29 is 9.47 Å². The van der Waals surface area contributed by atoms with Gasteiger partial charge in [0.1, 0.15) is 11.5 Å². The Kier molecular flexibility index (Phi) is 4.59. The summed E-state index contributed by atoms with van der Waals surface area (Å²) in [5.74, 6) is 1.52. The largest absolute Gasteiger partial charge is 0.497 e. The minimum Gasteiger partial charge on any atom is -0.497 e. The Balaban J connectivity index is 3.16. The number of methoxy groups -OCH3 is 2. The molecule has 1 atom stereocenters. The molecule has 0 aromatic heterocycles. The number of hydrogen-bond donors (Lipinski definition) is 1. The van der Waals surface area contributed by atoms with E-state index in [1.54, 1.807) is 14.2 Å². The molecular weight excluding hydrogens is 228 g/mol. The third-order valence-corrected chi connectivity index (χ3v) is 3.65. The first-order valence-corrected chi connectivity index (χ1v) is 5.99. The SMILES string of the molecule is COc1cc(OC)cc(C(N)C(C)(C)N(C)C)c1. The number of nitrogens with zero attached hydrogens (tertiary/aromatic N) is 1. The molecule has 0 fully saturated rings. The monoisotopic (exact) mass is 252 g/mol. The summed E-state index contributed by atoms with van der Waals surface area (Å²) >= 11 is 0. The van der Waals surface area contributed by atoms with E-state index >= 15 is 0 Å². The molecule has 0 amide bonds. The zero-order valence-corrected chi connectivity index (χ0v) is 12.2. The molecule has 0 spiro atoms. The molecule has 1 aromatic rings. The second kappa shape index (κ2) is 5.59. The number of ether oxygens (including phenoxy) is 2. The van der Waals surface area contributed by atoms with Gasteiger partial charge in [-0.15, -0.1) is 0 Å². The van der Waals surface area contributed by atoms with Crippen LogP contribution in [0.25, 0.3) is 0 Å². The van der Waals surface area contributed by atoms with Gasteiger partial charge >= 0.3 is 0 Å². The maximum Gasteiger partial charge on any atom is 0.122 e. The lowest BCUT2D eigenvalue weighted by Crippen LogP contribution is -2.47. The average molecular weight is 252 g/mol. The molecule has 0 bridgehead atoms. The van der Waals surface area contributed by atoms with E-state index in [4.69, 9.17) is 15.2 Å². The predicted octanol–water partition coefficient (Wildman–Crippen LogP) is 2.04. The normalized spacial score (nSPS) is 13.6. The number of nitrogens with two attached hydrogens (primary N) is 1. The average Bonchev–Trinajstić information content (AvgIpc) is 2.36. The molecule has 1 rings (SSSR count). The van der Waals surface area contributed by atoms with Crippen molar-refractivity contribution in [2.75, 3.05) is 28.3 Å². The van der Waals surface area contributed by atoms with Gasteiger partial charge in [-0.25, -0.2) is 0 Å². The van der Waals surface area contributed by atoms with Crippen LogP contribution in [0.2, 0.25) is 0 Å². The third-order valence-electron chi connectivity index (χ3n) is 3.65. The Labute approximate surface area is 110 Å². The van der Waals surface area contributed by atoms with Crippen molar-refractivity contribution in [3.63, 3.8) is 0 Å². The summed E-state index contributed by atoms with van der Waals surface area (Å²) in [4.78, 5) is 2.11. The van der Waals surface area contributed by atoms with Crippen LogP contribution in [0.5, 0.6) is 11.5 Å². The van der Waals surface area contributed by atoms with Gasteiger partial charge in [-0.2, -0.15) is 0 Å². The fraction of sp³-hybridized carbons (Fsp3) is 0.571. The van der Waals surface area contributed by atoms with Gasteiger partial charge in [0.2, 0.25) is 0 Å². The molecule has 0 saturated carbocycles. The molecule has 18 heavy (non-hydrogen) atoms. The fourth-order valence-corrected chi connectivity index (χ4v) is 1.70. The van der Waals surface area contributed by atoms with Crippen LogP contribution >= 0.6 is 0 Å². The van der Waals surface area contributed by atoms with Crippen molar-refractivity contribution in [3.05, 3.63) is 23.8 Å². The highest BCUT2D eigenvalue weighted by Crippen LogP contribution is 2.32. The van der Waals surface area contributed by atoms with Gasteiger partial charge < -0.3 is 20.1 Å². The Morgan fingerprint density at radius 2 is 1.50 bits per heavy atom. The molecular formula is C14H24N2O2. The van der Waals surface area contributed by atoms with Crippen LogP contribution in [-0.2, 0) is 0 Å². The van der Waals surface area contributed by atoms with Crippen LogP contribution < -0.4 is 15.2 Å². The molecule has 0 aliphatic carbocycles. The quantitative estimate of drug-likeness (QED) is 0.871. The van der Waals surface area contributed by atoms with Gasteiger partial charge in [0, 0.05) is 17.6 Å². The molecule has 2 N–H and O–H groups in total. The molecule has 0 saturated heterocycles. The van der Waals surface area contributed by atoms with Gasteiger partial charge in [-0.1, -0.05) is 0 Å². The van der Waals surface area contributed by atoms with Crippen molar-refractivity contribution in [2.45, 2.75) is 25.4 Å². The van der Waals surface area contributed by atoms with E-state index in [0.717, 1.165) is 17.1 Å². The van der Waals surface area contributed by atoms with Gasteiger partial charge in [0.25, 0.3) is 0 Å². The van der Waals surface area contributed by atoms with Gasteiger partial charge in [-0.3, -0.25) is 0 Å². The molecule has 0 aliphatic heterocycles. The summed E-state index contributed by atoms with van der Waals surface area (Å²) in [5.41, 5.74) is 7.22. The summed E-state index contributed by atoms with van der Waals surface area (Å²) < 4.78 is 10.5. The first kappa shape index (κ1) is 14.8. The van der Waals surface area contributed by atoms with E-state index in [0.29, 0.717) is 0 Å². The molecule has 0 heterocycles. The molecule has 0 radical (unpaired) electrons. The lowest BCUT2D eigenvalue weighted by atomic mass is 9.88. The summed E-state index contributed by atoms with van der Waals surface area (Å²) in [5, 5.41) is 0. The summed E-state index contributed by atoms with van der Waals surface area (Å²) in [6, 6.07) is 5.63. The van der Waals surface area contributed by atoms with Crippen molar-refractivity contribution >= 4 is 0 Å². The second-order valence-corrected chi connectivity index (χ2v) is 5.17. The van der Waals surface area contributed by atoms with Crippen LogP contribution in [-0.4, -0.2) is 38.8 Å². The Bertz CT molecular complexity index is 381. The van der Waals surface area contributed by atoms with Crippen LogP contribution in [0, 0.1) is 0 Å². The predicted molar refractivity (Wildman–Crippen MR) is 74.2 cm³/mol. The van der Waals surface area contributed by atoms with Crippen molar-refractivity contribution in [1.82, 2.24) is 4.90 Å². The van der Waals surface area contributed by atoms with E-state index in [1.807, 2.05) is 32.3 Å². The van der Waals surface area contributed by atoms with Crippen molar-refractivity contribution in [2.24, 2.45) is 5.73 Å². The Morgan fingerprint density at radius 3 is 1.83 bits per heavy atom. The smallest absolute Gasteiger partial charge is 0.122 e. The van der Waals surface area contributed by atoms with E-state index in [9.17, 15) is 0 Å². The lowest BCUT2D eigenvalue weighted by Gasteiger charge is -2.38. The standard InChI is InChI=1S/C14H24N2O2/c1-14(2,16(3)4)13(15)10-7-11(17-5)9-12(8-10)18-6/h7-9,13H,15H2,1-6H3. The minimum atomic E-state index is -0.155. The molecule has 102 valence electrons. The highest BCUT2D eigenvalue weighted by molar-refractivity contribution is 5.40. The van der Waals surface area contributed by atoms with Crippen LogP contribution in [0.15, 0.2) is 18.2 Å². The summed E-state index contributed by atoms with van der Waals surface area (Å²) in [6.07, 6.45) is 0. The lowest BCUT2D eigenvalue weighted by molar-refractivity contribution is 0.158. The van der Waals surface area contributed by atoms with E-state index < -0.39 is 0 Å². The van der Waals surface area contributed by atoms with E-state index in [2.05, 4.69) is 18.7 Å². The fourth-order valence-electron chi connectivity index (χ4n) is 1.70. The number of hydrogen-bond acceptors (Lipinski definition) is 4. The van der Waals surface area contributed by atoms with Crippen LogP contribution in [0.4, 0.5) is 0 Å². The number of rotatable bonds is 5. The number of likely N-dealkylation sites (N-methyl/N-ethyl adjacent to an activating group) is 1. The van der Waals surface area contributed by atoms with E-state index in [1.165, 1.54) is 0 Å². The Hall–Kier alpha value is -1.26. The zero-order chi connectivity index (χ0) is 13.9. The zero-order valence-electron chi connectivity index (χ0n) is 12.2. The van der Waals surface area contributed by atoms with Crippen molar-refractivity contribution in [1.29, 1.82) is 0 Å². The minimum absolute atomic E-state index is 0.128. The molecule has 0 aliphatic rings. The van der Waals surface area contributed by atoms with Gasteiger partial charge in [0.15, 0.2) is 0 Å². The maximum absolute atomic E-state index is 6.37. The molecule has 4 heteroatoms. The molecule has 4 nitrogen and oxygen atoms in total. The summed E-state index contributed by atoms with van der Waals surface area (Å²) in [6.45, 7) is 4.23. The first-order valence-electron chi connectivity index (χ1n) is 5.99. The maximum atomic E-state index is 6.37. The number of benzene rings is 1. The molecule has 1 unspecified atom stereocenters. The topological polar surface area (TPSA) is 47.7 Å². The first-order chi connectivity index (χ1) is 8.32. The highest BCUT2D eigenvalue weighted by atomic mass is 16.5. The second-order valence-electron chi connectivity index (χ2n) is 5.17. The summed E-state index contributed by atoms with van der Waals surface area (Å²) in [7, 11) is 7.33. The van der Waals surface area contributed by atoms with E-state index in [-0.39, 0.29) is 11.6 Å². The van der Waals surface area contributed by atoms with Gasteiger partial charge in [-0.05, 0) is 45.6 Å².